The smallest absolute Gasteiger partial charge is 0.462 e. The first-order chi connectivity index (χ1) is 27.4. The molecule has 0 saturated heterocycles. The van der Waals surface area contributed by atoms with Crippen molar-refractivity contribution in [1.29, 1.82) is 0 Å². The van der Waals surface area contributed by atoms with E-state index < -0.39 is 66.2 Å². The molecule has 0 fully saturated rings. The predicted molar refractivity (Wildman–Crippen MR) is 225 cm³/mol. The molecule has 4 N–H and O–H groups in total. The van der Waals surface area contributed by atoms with Gasteiger partial charge < -0.3 is 29.3 Å². The molecule has 0 bridgehead atoms. The SMILES string of the molecule is CCCCCC=CCC=CCC=CCCCCC(=O)OC(COC(=O)CCCCCCCC=CCC=CCCCCC)COP(=O)(O)OCC(O)COP(=O)(O)O. The summed E-state index contributed by atoms with van der Waals surface area (Å²) in [6.07, 6.45) is 39.3. The Hall–Kier alpha value is -2.18. The van der Waals surface area contributed by atoms with Gasteiger partial charge in [0, 0.05) is 12.8 Å². The molecule has 330 valence electrons. The maximum absolute atomic E-state index is 12.6. The first-order valence-corrected chi connectivity index (χ1v) is 24.0. The molecule has 57 heavy (non-hydrogen) atoms. The van der Waals surface area contributed by atoms with Gasteiger partial charge in [-0.25, -0.2) is 9.13 Å². The number of aliphatic hydroxyl groups is 1. The van der Waals surface area contributed by atoms with Crippen LogP contribution in [0.4, 0.5) is 0 Å². The van der Waals surface area contributed by atoms with E-state index in [-0.39, 0.29) is 12.8 Å². The number of esters is 2. The number of hydrogen-bond donors (Lipinski definition) is 4. The third-order valence-electron chi connectivity index (χ3n) is 8.37. The summed E-state index contributed by atoms with van der Waals surface area (Å²) in [5.74, 6) is -1.10. The van der Waals surface area contributed by atoms with Gasteiger partial charge in [-0.1, -0.05) is 120 Å². The number of carbonyl (C=O) groups excluding carboxylic acids is 2. The molecule has 3 unspecified atom stereocenters. The van der Waals surface area contributed by atoms with Gasteiger partial charge in [-0.15, -0.1) is 0 Å². The van der Waals surface area contributed by atoms with Crippen LogP contribution in [0, 0.1) is 0 Å². The maximum atomic E-state index is 12.6. The van der Waals surface area contributed by atoms with Crippen LogP contribution in [-0.4, -0.2) is 70.4 Å². The van der Waals surface area contributed by atoms with Crippen molar-refractivity contribution in [2.24, 2.45) is 0 Å². The number of unbranched alkanes of at least 4 members (excludes halogenated alkanes) is 13. The number of phosphoric ester groups is 2. The number of ether oxygens (including phenoxy) is 2. The standard InChI is InChI=1S/C42H74O13P2/c1-3-5-7-9-11-13-15-17-19-21-23-25-27-29-31-33-41(44)51-37-40(38-54-57(49,50)53-36-39(43)35-52-56(46,47)48)55-42(45)34-32-30-28-26-24-22-20-18-16-14-12-10-8-6-4-2/h11-14,17-20,24,26,39-40,43H,3-10,15-16,21-23,25,27-38H2,1-2H3,(H,49,50)(H2,46,47,48). The van der Waals surface area contributed by atoms with Crippen LogP contribution < -0.4 is 0 Å². The topological polar surface area (TPSA) is 195 Å². The van der Waals surface area contributed by atoms with E-state index in [9.17, 15) is 28.7 Å². The highest BCUT2D eigenvalue weighted by atomic mass is 31.2. The predicted octanol–water partition coefficient (Wildman–Crippen LogP) is 10.4. The summed E-state index contributed by atoms with van der Waals surface area (Å²) in [7, 11) is -9.69. The molecular formula is C42H74O13P2. The van der Waals surface area contributed by atoms with Crippen molar-refractivity contribution >= 4 is 27.6 Å². The Morgan fingerprint density at radius 2 is 0.912 bits per heavy atom. The minimum absolute atomic E-state index is 0.0772. The van der Waals surface area contributed by atoms with Gasteiger partial charge in [0.25, 0.3) is 0 Å². The molecule has 0 heterocycles. The molecule has 0 aromatic heterocycles. The second-order valence-corrected chi connectivity index (χ2v) is 16.6. The summed E-state index contributed by atoms with van der Waals surface area (Å²) < 4.78 is 47.7. The van der Waals surface area contributed by atoms with Gasteiger partial charge in [-0.2, -0.15) is 0 Å². The van der Waals surface area contributed by atoms with E-state index in [1.54, 1.807) is 0 Å². The van der Waals surface area contributed by atoms with E-state index in [1.807, 2.05) is 0 Å². The lowest BCUT2D eigenvalue weighted by Gasteiger charge is -2.20. The van der Waals surface area contributed by atoms with E-state index in [1.165, 1.54) is 38.5 Å². The van der Waals surface area contributed by atoms with Gasteiger partial charge in [-0.05, 0) is 83.5 Å². The van der Waals surface area contributed by atoms with Gasteiger partial charge in [-0.3, -0.25) is 23.2 Å². The average molecular weight is 849 g/mol. The highest BCUT2D eigenvalue weighted by molar-refractivity contribution is 7.47. The van der Waals surface area contributed by atoms with Gasteiger partial charge in [0.15, 0.2) is 6.10 Å². The summed E-state index contributed by atoms with van der Waals surface area (Å²) >= 11 is 0. The Morgan fingerprint density at radius 1 is 0.509 bits per heavy atom. The van der Waals surface area contributed by atoms with Crippen molar-refractivity contribution < 1.29 is 61.6 Å². The first kappa shape index (κ1) is 54.8. The minimum Gasteiger partial charge on any atom is -0.462 e. The molecule has 3 atom stereocenters. The van der Waals surface area contributed by atoms with Crippen LogP contribution in [0.1, 0.15) is 155 Å². The third-order valence-corrected chi connectivity index (χ3v) is 9.81. The van der Waals surface area contributed by atoms with Crippen molar-refractivity contribution in [3.8, 4) is 0 Å². The second kappa shape index (κ2) is 38.0. The minimum atomic E-state index is -4.87. The van der Waals surface area contributed by atoms with Crippen molar-refractivity contribution in [1.82, 2.24) is 0 Å². The first-order valence-electron chi connectivity index (χ1n) is 21.0. The van der Waals surface area contributed by atoms with Gasteiger partial charge >= 0.3 is 27.6 Å². The number of phosphoric acid groups is 2. The summed E-state index contributed by atoms with van der Waals surface area (Å²) in [5.41, 5.74) is 0. The molecule has 0 aromatic rings. The third kappa shape index (κ3) is 41.8. The highest BCUT2D eigenvalue weighted by Gasteiger charge is 2.28. The molecule has 0 radical (unpaired) electrons. The lowest BCUT2D eigenvalue weighted by molar-refractivity contribution is -0.161. The molecule has 0 aliphatic rings. The Labute approximate surface area is 342 Å². The summed E-state index contributed by atoms with van der Waals surface area (Å²) in [5, 5.41) is 9.73. The van der Waals surface area contributed by atoms with Gasteiger partial charge in [0.05, 0.1) is 19.8 Å². The van der Waals surface area contributed by atoms with Crippen LogP contribution in [0.3, 0.4) is 0 Å². The largest absolute Gasteiger partial charge is 0.472 e. The highest BCUT2D eigenvalue weighted by Crippen LogP contribution is 2.43. The van der Waals surface area contributed by atoms with E-state index in [0.717, 1.165) is 77.0 Å². The Balaban J connectivity index is 4.64. The van der Waals surface area contributed by atoms with E-state index in [4.69, 9.17) is 23.8 Å². The molecular weight excluding hydrogens is 774 g/mol. The maximum Gasteiger partial charge on any atom is 0.472 e. The van der Waals surface area contributed by atoms with Crippen molar-refractivity contribution in [2.75, 3.05) is 26.4 Å². The fraction of sp³-hybridized carbons (Fsp3) is 0.714. The number of hydrogen-bond acceptors (Lipinski definition) is 10. The molecule has 0 saturated carbocycles. The van der Waals surface area contributed by atoms with Crippen molar-refractivity contribution in [3.63, 3.8) is 0 Å². The van der Waals surface area contributed by atoms with Crippen LogP contribution in [-0.2, 0) is 41.8 Å². The van der Waals surface area contributed by atoms with Gasteiger partial charge in [0.1, 0.15) is 12.7 Å². The Morgan fingerprint density at radius 3 is 1.44 bits per heavy atom. The Bertz CT molecular complexity index is 1240. The molecule has 0 rings (SSSR count). The van der Waals surface area contributed by atoms with E-state index >= 15 is 0 Å². The lowest BCUT2D eigenvalue weighted by Crippen LogP contribution is -2.30. The van der Waals surface area contributed by atoms with E-state index in [0.29, 0.717) is 12.8 Å². The van der Waals surface area contributed by atoms with Crippen molar-refractivity contribution in [2.45, 2.75) is 167 Å². The molecule has 13 nitrogen and oxygen atoms in total. The van der Waals surface area contributed by atoms with Crippen LogP contribution in [0.2, 0.25) is 0 Å². The molecule has 0 amide bonds. The second-order valence-electron chi connectivity index (χ2n) is 13.9. The average Bonchev–Trinajstić information content (AvgIpc) is 3.17. The fourth-order valence-corrected chi connectivity index (χ4v) is 6.30. The molecule has 0 aliphatic carbocycles. The summed E-state index contributed by atoms with van der Waals surface area (Å²) in [4.78, 5) is 52.6. The lowest BCUT2D eigenvalue weighted by atomic mass is 10.1. The van der Waals surface area contributed by atoms with Gasteiger partial charge in [0.2, 0.25) is 0 Å². The molecule has 0 aromatic carbocycles. The van der Waals surface area contributed by atoms with Crippen LogP contribution in [0.5, 0.6) is 0 Å². The van der Waals surface area contributed by atoms with E-state index in [2.05, 4.69) is 83.7 Å². The molecule has 0 aliphatic heterocycles. The molecule has 0 spiro atoms. The zero-order valence-electron chi connectivity index (χ0n) is 34.7. The number of carbonyl (C=O) groups is 2. The molecule has 15 heteroatoms. The van der Waals surface area contributed by atoms with Crippen LogP contribution >= 0.6 is 15.6 Å². The number of allylic oxidation sites excluding steroid dienone is 10. The monoisotopic (exact) mass is 848 g/mol. The van der Waals surface area contributed by atoms with Crippen molar-refractivity contribution in [3.05, 3.63) is 60.8 Å². The van der Waals surface area contributed by atoms with Crippen LogP contribution in [0.25, 0.3) is 0 Å². The van der Waals surface area contributed by atoms with Crippen LogP contribution in [0.15, 0.2) is 60.8 Å². The number of rotatable bonds is 39. The zero-order chi connectivity index (χ0) is 42.3. The number of aliphatic hydroxyl groups excluding tert-OH is 1. The quantitative estimate of drug-likeness (QED) is 0.0198. The fourth-order valence-electron chi connectivity index (χ4n) is 5.15. The zero-order valence-corrected chi connectivity index (χ0v) is 36.5. The summed E-state index contributed by atoms with van der Waals surface area (Å²) in [6, 6.07) is 0. The summed E-state index contributed by atoms with van der Waals surface area (Å²) in [6.45, 7) is 1.63. The normalized spacial score (nSPS) is 14.7. The Kier molecular flexibility index (Phi) is 36.6.